The Kier molecular flexibility index (Phi) is 31.9. The molecule has 10 aromatic carbocycles. The Hall–Kier alpha value is -14.2. The second-order valence-electron chi connectivity index (χ2n) is 38.3. The van der Waals surface area contributed by atoms with E-state index < -0.39 is 114 Å². The first-order chi connectivity index (χ1) is 68.1. The van der Waals surface area contributed by atoms with E-state index in [9.17, 15) is 78.3 Å². The van der Waals surface area contributed by atoms with Gasteiger partial charge in [0.15, 0.2) is 17.3 Å². The SMILES string of the molecule is CC(=O)N1N=C(c2cc(F)ccc2F)SC12CCN(C(=O)OC(C)(C)C)c1ccccc12.CC(=O)N1N=C(c2cc(F)ccc2F)SC12CCNc1ccccc12.CC(C)(C)OC(=O)N1CCC(=NCC(=O)c2cc(F)ccc2F)c2ccccc21.CC(C)(C)OC(=O)N1CCC(=O)c2ccccc21.CC(C)(C)OC(=O)N1CCC2(NN=C(c3cc(F)ccc3F)S2)c2ccccc21.O=C1CCNc2ccccc21. The summed E-state index contributed by atoms with van der Waals surface area (Å²) >= 11 is 3.82. The molecule has 0 fully saturated rings. The number of rotatable bonds is 6. The quantitative estimate of drug-likeness (QED) is 0.0791. The maximum atomic E-state index is 14.5. The molecule has 3 N–H and O–H groups in total. The van der Waals surface area contributed by atoms with E-state index in [1.807, 2.05) is 126 Å². The highest BCUT2D eigenvalue weighted by Crippen LogP contribution is 2.57. The third-order valence-electron chi connectivity index (χ3n) is 23.1. The zero-order chi connectivity index (χ0) is 104. The highest BCUT2D eigenvalue weighted by molar-refractivity contribution is 8.16. The van der Waals surface area contributed by atoms with Crippen molar-refractivity contribution in [3.8, 4) is 0 Å². The molecule has 37 heteroatoms. The molecule has 9 aliphatic rings. The number of para-hydroxylation sites is 6. The molecule has 3 unspecified atom stereocenters. The Balaban J connectivity index is 0.000000140. The number of Topliss-reactive ketones (excluding diaryl/α,β-unsaturated/α-hetero) is 3. The average molecular weight is 2030 g/mol. The highest BCUT2D eigenvalue weighted by Gasteiger charge is 2.55. The molecule has 0 aromatic heterocycles. The molecule has 3 spiro atoms. The molecule has 26 nitrogen and oxygen atoms in total. The van der Waals surface area contributed by atoms with Gasteiger partial charge in [-0.05, 0) is 204 Å². The van der Waals surface area contributed by atoms with Gasteiger partial charge in [0.2, 0.25) is 11.8 Å². The van der Waals surface area contributed by atoms with Crippen LogP contribution in [0.25, 0.3) is 0 Å². The normalized spacial score (nSPS) is 18.6. The van der Waals surface area contributed by atoms with Gasteiger partial charge in [0.25, 0.3) is 0 Å². The fraction of sp³-hybridized carbons (Fsp3) is 0.318. The fourth-order valence-electron chi connectivity index (χ4n) is 16.9. The van der Waals surface area contributed by atoms with Gasteiger partial charge >= 0.3 is 24.4 Å². The lowest BCUT2D eigenvalue weighted by Gasteiger charge is -2.43. The summed E-state index contributed by atoms with van der Waals surface area (Å²) in [6, 6.07) is 56.8. The van der Waals surface area contributed by atoms with Gasteiger partial charge in [0.1, 0.15) is 105 Å². The lowest BCUT2D eigenvalue weighted by atomic mass is 9.95. The number of ketones is 3. The van der Waals surface area contributed by atoms with Crippen LogP contribution in [-0.4, -0.2) is 153 Å². The van der Waals surface area contributed by atoms with Crippen LogP contribution in [0.5, 0.6) is 0 Å². The van der Waals surface area contributed by atoms with Crippen molar-refractivity contribution in [2.45, 2.75) is 172 Å². The molecule has 0 saturated heterocycles. The monoisotopic (exact) mass is 2030 g/mol. The van der Waals surface area contributed by atoms with E-state index in [1.54, 1.807) is 107 Å². The summed E-state index contributed by atoms with van der Waals surface area (Å²) in [5.74, 6) is -5.71. The fourth-order valence-corrected chi connectivity index (χ4v) is 21.1. The van der Waals surface area contributed by atoms with Crippen LogP contribution in [0.1, 0.15) is 205 Å². The third kappa shape index (κ3) is 24.3. The van der Waals surface area contributed by atoms with Crippen LogP contribution in [0.2, 0.25) is 0 Å². The molecule has 0 bridgehead atoms. The van der Waals surface area contributed by atoms with E-state index in [2.05, 4.69) is 36.4 Å². The molecule has 6 amide bonds. The van der Waals surface area contributed by atoms with Gasteiger partial charge in [0, 0.05) is 159 Å². The number of carbonyl (C=O) groups excluding carboxylic acids is 9. The first-order valence-corrected chi connectivity index (χ1v) is 48.8. The van der Waals surface area contributed by atoms with Gasteiger partial charge < -0.3 is 29.6 Å². The van der Waals surface area contributed by atoms with E-state index in [1.165, 1.54) is 73.9 Å². The summed E-state index contributed by atoms with van der Waals surface area (Å²) in [7, 11) is 0. The van der Waals surface area contributed by atoms with Crippen LogP contribution >= 0.6 is 35.3 Å². The van der Waals surface area contributed by atoms with Crippen LogP contribution in [0.3, 0.4) is 0 Å². The van der Waals surface area contributed by atoms with Crippen molar-refractivity contribution in [3.05, 3.63) is 321 Å². The second-order valence-corrected chi connectivity index (χ2v) is 42.1. The smallest absolute Gasteiger partial charge is 0.414 e. The third-order valence-corrected chi connectivity index (χ3v) is 27.4. The first kappa shape index (κ1) is 106. The van der Waals surface area contributed by atoms with Gasteiger partial charge in [-0.2, -0.15) is 15.3 Å². The van der Waals surface area contributed by atoms with E-state index in [0.717, 1.165) is 107 Å². The lowest BCUT2D eigenvalue weighted by molar-refractivity contribution is -0.133. The summed E-state index contributed by atoms with van der Waals surface area (Å²) < 4.78 is 133. The summed E-state index contributed by atoms with van der Waals surface area (Å²) in [5, 5.41) is 23.1. The number of nitrogens with zero attached hydrogens (tertiary/aromatic N) is 10. The summed E-state index contributed by atoms with van der Waals surface area (Å²) in [6.45, 7) is 27.0. The van der Waals surface area contributed by atoms with Gasteiger partial charge in [-0.1, -0.05) is 132 Å². The zero-order valence-corrected chi connectivity index (χ0v) is 84.0. The van der Waals surface area contributed by atoms with E-state index in [0.29, 0.717) is 120 Å². The summed E-state index contributed by atoms with van der Waals surface area (Å²) in [5.41, 5.74) is 10.2. The number of amides is 6. The number of carbonyl (C=O) groups is 9. The van der Waals surface area contributed by atoms with Crippen LogP contribution in [0.4, 0.5) is 88.4 Å². The van der Waals surface area contributed by atoms with Gasteiger partial charge in [-0.25, -0.2) is 64.3 Å². The maximum Gasteiger partial charge on any atom is 0.414 e. The van der Waals surface area contributed by atoms with E-state index >= 15 is 0 Å². The summed E-state index contributed by atoms with van der Waals surface area (Å²) in [6.07, 6.45) is 1.08. The Morgan fingerprint density at radius 3 is 1.26 bits per heavy atom. The molecule has 19 rings (SSSR count). The van der Waals surface area contributed by atoms with Crippen LogP contribution in [0.15, 0.2) is 239 Å². The minimum absolute atomic E-state index is 0.00909. The number of ether oxygens (including phenoxy) is 4. The van der Waals surface area contributed by atoms with Crippen LogP contribution < -0.4 is 35.7 Å². The van der Waals surface area contributed by atoms with Crippen LogP contribution in [0, 0.1) is 46.5 Å². The maximum absolute atomic E-state index is 14.5. The van der Waals surface area contributed by atoms with Crippen molar-refractivity contribution < 1.29 is 97.2 Å². The Morgan fingerprint density at radius 1 is 0.375 bits per heavy atom. The molecule has 0 radical (unpaired) electrons. The van der Waals surface area contributed by atoms with Crippen LogP contribution in [-0.2, 0) is 43.1 Å². The van der Waals surface area contributed by atoms with E-state index in [4.69, 9.17) is 18.9 Å². The number of benzene rings is 10. The standard InChI is InChI=1S/C23H23F2N3O3S.C22H22F2N2O3.C21H21F2N3O2S.C18H15F2N3OS.C14H17NO3.C9H9NO/c1-14(29)28-23(32-20(26-28)16-13-15(24)9-10-18(16)25)11-12-27(21(30)31-22(2,3)4)19-8-6-5-7-17(19)23;1-22(2,3)29-21(28)26-11-10-18(15-6-4-5-7-19(15)26)25-13-20(27)16-12-14(23)8-9-17(16)24;1-20(2,3)28-19(27)26-11-10-21(15-6-4-5-7-17(15)26)25-24-18(29-21)14-12-13(22)8-9-16(14)23;1-11(24)23-18(8-9-21-16-5-3-2-4-14(16)18)25-17(22-23)13-10-12(19)6-7-15(13)20;1-14(2,3)18-13(17)15-9-8-12(16)10-6-4-5-7-11(10)15;11-9-5-6-10-8-4-2-1-3-7(8)9/h5-10,13H,11-12H2,1-4H3;4-9,12H,10-11,13H2,1-3H3;4-9,12,25H,10-11H2,1-3H3;2-7,10,21H,8-9H2,1H3;4-7H,8-9H2,1-3H3;1-4,10H,5-6H2. The molecule has 10 aromatic rings. The lowest BCUT2D eigenvalue weighted by Crippen LogP contribution is -2.49. The largest absolute Gasteiger partial charge is 0.443 e. The second kappa shape index (κ2) is 43.5. The molecule has 9 aliphatic heterocycles. The Morgan fingerprint density at radius 2 is 0.757 bits per heavy atom. The predicted molar refractivity (Wildman–Crippen MR) is 543 cm³/mol. The number of nitrogens with one attached hydrogen (secondary N) is 3. The molecule has 144 heavy (non-hydrogen) atoms. The van der Waals surface area contributed by atoms with Crippen molar-refractivity contribution in [2.75, 3.05) is 76.0 Å². The van der Waals surface area contributed by atoms with Gasteiger partial charge in [0.05, 0.1) is 28.3 Å². The zero-order valence-electron chi connectivity index (χ0n) is 81.5. The Labute approximate surface area is 840 Å². The number of aliphatic imine (C=N–C) groups is 1. The average Bonchev–Trinajstić information content (AvgIpc) is 1.56. The van der Waals surface area contributed by atoms with Crippen molar-refractivity contribution in [2.24, 2.45) is 20.3 Å². The number of thioether (sulfide) groups is 3. The minimum atomic E-state index is -0.991. The molecule has 9 heterocycles. The number of hydrogen-bond donors (Lipinski definition) is 3. The molecule has 752 valence electrons. The first-order valence-electron chi connectivity index (χ1n) is 46.3. The highest BCUT2D eigenvalue weighted by atomic mass is 32.2. The van der Waals surface area contributed by atoms with Crippen molar-refractivity contribution in [3.63, 3.8) is 0 Å². The van der Waals surface area contributed by atoms with E-state index in [-0.39, 0.29) is 63.8 Å². The predicted octanol–water partition coefficient (Wildman–Crippen LogP) is 23.6. The molecular formula is C107H107F8N13O13S3. The van der Waals surface area contributed by atoms with Crippen molar-refractivity contribution >= 4 is 144 Å². The van der Waals surface area contributed by atoms with Gasteiger partial charge in [-0.3, -0.25) is 54.0 Å². The molecule has 0 saturated carbocycles. The number of hydrogen-bond acceptors (Lipinski definition) is 23. The Bertz CT molecular complexity index is 6800. The summed E-state index contributed by atoms with van der Waals surface area (Å²) in [4.78, 5) is 118. The number of hydrazone groups is 3. The minimum Gasteiger partial charge on any atom is -0.443 e. The topological polar surface area (TPSA) is 296 Å². The number of anilines is 6. The number of halogens is 8. The van der Waals surface area contributed by atoms with Gasteiger partial charge in [-0.15, -0.1) is 0 Å². The molecule has 0 aliphatic carbocycles. The molecule has 3 atom stereocenters. The van der Waals surface area contributed by atoms with Crippen molar-refractivity contribution in [1.82, 2.24) is 15.4 Å². The molecular weight excluding hydrogens is 1920 g/mol. The van der Waals surface area contributed by atoms with Crippen molar-refractivity contribution in [1.29, 1.82) is 0 Å². The number of fused-ring (bicyclic) bond motifs is 9.